The molecule has 1 aliphatic carbocycles. The van der Waals surface area contributed by atoms with E-state index in [1.165, 1.54) is 0 Å². The quantitative estimate of drug-likeness (QED) is 0.786. The van der Waals surface area contributed by atoms with Crippen LogP contribution in [-0.4, -0.2) is 18.2 Å². The van der Waals surface area contributed by atoms with Crippen molar-refractivity contribution in [3.63, 3.8) is 0 Å². The Morgan fingerprint density at radius 3 is 2.65 bits per heavy atom. The first-order chi connectivity index (χ1) is 8.26. The minimum Gasteiger partial charge on any atom is -0.387 e. The monoisotopic (exact) mass is 230 g/mol. The van der Waals surface area contributed by atoms with Gasteiger partial charge in [0, 0.05) is 19.5 Å². The van der Waals surface area contributed by atoms with Gasteiger partial charge in [-0.3, -0.25) is 0 Å². The van der Waals surface area contributed by atoms with E-state index in [4.69, 9.17) is 5.26 Å². The van der Waals surface area contributed by atoms with Crippen LogP contribution in [0.1, 0.15) is 30.9 Å². The van der Waals surface area contributed by atoms with E-state index in [0.29, 0.717) is 13.0 Å². The fourth-order valence-corrected chi connectivity index (χ4v) is 2.03. The molecular formula is C14H18N2O. The smallest absolute Gasteiger partial charge is 0.0914 e. The van der Waals surface area contributed by atoms with E-state index in [-0.39, 0.29) is 5.41 Å². The summed E-state index contributed by atoms with van der Waals surface area (Å²) < 4.78 is 0. The molecule has 1 fully saturated rings. The van der Waals surface area contributed by atoms with Gasteiger partial charge < -0.3 is 10.4 Å². The lowest BCUT2D eigenvalue weighted by atomic mass is 10.0. The Bertz CT molecular complexity index is 392. The molecule has 0 bridgehead atoms. The standard InChI is InChI=1S/C14H18N2O/c15-9-8-14(6-7-14)11-16-10-13(17)12-4-2-1-3-5-12/h1-5,13,16-17H,6-8,10-11H2. The maximum Gasteiger partial charge on any atom is 0.0914 e. The van der Waals surface area contributed by atoms with Crippen molar-refractivity contribution in [1.29, 1.82) is 5.26 Å². The maximum atomic E-state index is 9.94. The number of hydrogen-bond acceptors (Lipinski definition) is 3. The van der Waals surface area contributed by atoms with Gasteiger partial charge in [-0.15, -0.1) is 0 Å². The zero-order chi connectivity index (χ0) is 12.1. The van der Waals surface area contributed by atoms with Crippen LogP contribution in [0, 0.1) is 16.7 Å². The molecule has 3 nitrogen and oxygen atoms in total. The molecule has 1 aromatic rings. The summed E-state index contributed by atoms with van der Waals surface area (Å²) in [6.45, 7) is 1.39. The molecule has 1 aromatic carbocycles. The lowest BCUT2D eigenvalue weighted by molar-refractivity contribution is 0.172. The number of nitrogens with one attached hydrogen (secondary N) is 1. The fraction of sp³-hybridized carbons (Fsp3) is 0.500. The largest absolute Gasteiger partial charge is 0.387 e. The third-order valence-electron chi connectivity index (χ3n) is 3.43. The molecule has 0 radical (unpaired) electrons. The Labute approximate surface area is 102 Å². The number of nitrogens with zero attached hydrogens (tertiary/aromatic N) is 1. The van der Waals surface area contributed by atoms with E-state index in [9.17, 15) is 5.11 Å². The Morgan fingerprint density at radius 2 is 2.06 bits per heavy atom. The molecule has 1 saturated carbocycles. The van der Waals surface area contributed by atoms with Gasteiger partial charge in [0.05, 0.1) is 12.2 Å². The fourth-order valence-electron chi connectivity index (χ4n) is 2.03. The van der Waals surface area contributed by atoms with Gasteiger partial charge in [-0.25, -0.2) is 0 Å². The topological polar surface area (TPSA) is 56.0 Å². The third kappa shape index (κ3) is 3.29. The minimum absolute atomic E-state index is 0.200. The second-order valence-electron chi connectivity index (χ2n) is 4.89. The number of hydrogen-bond donors (Lipinski definition) is 2. The van der Waals surface area contributed by atoms with Crippen LogP contribution >= 0.6 is 0 Å². The average Bonchev–Trinajstić information content (AvgIpc) is 3.11. The van der Waals surface area contributed by atoms with Gasteiger partial charge in [-0.1, -0.05) is 30.3 Å². The van der Waals surface area contributed by atoms with E-state index in [1.807, 2.05) is 30.3 Å². The first kappa shape index (κ1) is 12.1. The van der Waals surface area contributed by atoms with Gasteiger partial charge in [0.25, 0.3) is 0 Å². The van der Waals surface area contributed by atoms with E-state index in [2.05, 4.69) is 11.4 Å². The highest BCUT2D eigenvalue weighted by molar-refractivity contribution is 5.17. The summed E-state index contributed by atoms with van der Waals surface area (Å²) in [6.07, 6.45) is 2.43. The Kier molecular flexibility index (Phi) is 3.78. The molecule has 0 aromatic heterocycles. The van der Waals surface area contributed by atoms with Crippen LogP contribution in [0.3, 0.4) is 0 Å². The Morgan fingerprint density at radius 1 is 1.35 bits per heavy atom. The van der Waals surface area contributed by atoms with Crippen LogP contribution in [0.5, 0.6) is 0 Å². The number of aliphatic hydroxyl groups is 1. The predicted octanol–water partition coefficient (Wildman–Crippen LogP) is 2.00. The van der Waals surface area contributed by atoms with Gasteiger partial charge in [-0.05, 0) is 23.8 Å². The molecule has 0 heterocycles. The molecule has 0 aliphatic heterocycles. The van der Waals surface area contributed by atoms with Crippen molar-refractivity contribution in [2.24, 2.45) is 5.41 Å². The molecule has 1 atom stereocenters. The number of rotatable bonds is 6. The van der Waals surface area contributed by atoms with Crippen LogP contribution in [-0.2, 0) is 0 Å². The lowest BCUT2D eigenvalue weighted by Crippen LogP contribution is -2.28. The lowest BCUT2D eigenvalue weighted by Gasteiger charge is -2.15. The molecule has 0 amide bonds. The van der Waals surface area contributed by atoms with Crippen molar-refractivity contribution in [3.05, 3.63) is 35.9 Å². The maximum absolute atomic E-state index is 9.94. The summed E-state index contributed by atoms with van der Waals surface area (Å²) in [5, 5.41) is 21.9. The molecule has 90 valence electrons. The average molecular weight is 230 g/mol. The van der Waals surface area contributed by atoms with Crippen molar-refractivity contribution in [2.45, 2.75) is 25.4 Å². The molecule has 3 heteroatoms. The summed E-state index contributed by atoms with van der Waals surface area (Å²) >= 11 is 0. The van der Waals surface area contributed by atoms with E-state index >= 15 is 0 Å². The van der Waals surface area contributed by atoms with Gasteiger partial charge in [0.1, 0.15) is 0 Å². The van der Waals surface area contributed by atoms with E-state index < -0.39 is 6.10 Å². The van der Waals surface area contributed by atoms with Crippen molar-refractivity contribution in [2.75, 3.05) is 13.1 Å². The van der Waals surface area contributed by atoms with Crippen molar-refractivity contribution < 1.29 is 5.11 Å². The Hall–Kier alpha value is -1.37. The van der Waals surface area contributed by atoms with Crippen LogP contribution in [0.15, 0.2) is 30.3 Å². The molecule has 0 saturated heterocycles. The van der Waals surface area contributed by atoms with Crippen molar-refractivity contribution in [3.8, 4) is 6.07 Å². The predicted molar refractivity (Wildman–Crippen MR) is 66.2 cm³/mol. The molecular weight excluding hydrogens is 212 g/mol. The normalized spacial score (nSPS) is 18.4. The number of benzene rings is 1. The highest BCUT2D eigenvalue weighted by Gasteiger charge is 2.41. The van der Waals surface area contributed by atoms with Crippen molar-refractivity contribution in [1.82, 2.24) is 5.32 Å². The summed E-state index contributed by atoms with van der Waals surface area (Å²) in [5.74, 6) is 0. The number of aliphatic hydroxyl groups excluding tert-OH is 1. The van der Waals surface area contributed by atoms with Gasteiger partial charge in [0.2, 0.25) is 0 Å². The van der Waals surface area contributed by atoms with E-state index in [0.717, 1.165) is 24.9 Å². The Balaban J connectivity index is 1.74. The molecule has 2 N–H and O–H groups in total. The third-order valence-corrected chi connectivity index (χ3v) is 3.43. The summed E-state index contributed by atoms with van der Waals surface area (Å²) in [7, 11) is 0. The highest BCUT2D eigenvalue weighted by Crippen LogP contribution is 2.47. The molecule has 1 aliphatic rings. The molecule has 17 heavy (non-hydrogen) atoms. The van der Waals surface area contributed by atoms with E-state index in [1.54, 1.807) is 0 Å². The molecule has 0 spiro atoms. The molecule has 1 unspecified atom stereocenters. The van der Waals surface area contributed by atoms with Crippen LogP contribution in [0.25, 0.3) is 0 Å². The van der Waals surface area contributed by atoms with Gasteiger partial charge in [-0.2, -0.15) is 5.26 Å². The SMILES string of the molecule is N#CCC1(CNCC(O)c2ccccc2)CC1. The summed E-state index contributed by atoms with van der Waals surface area (Å²) in [6, 6.07) is 11.9. The van der Waals surface area contributed by atoms with Gasteiger partial charge >= 0.3 is 0 Å². The van der Waals surface area contributed by atoms with Gasteiger partial charge in [0.15, 0.2) is 0 Å². The summed E-state index contributed by atoms with van der Waals surface area (Å²) in [5.41, 5.74) is 1.13. The number of nitriles is 1. The first-order valence-electron chi connectivity index (χ1n) is 6.06. The second kappa shape index (κ2) is 5.31. The first-order valence-corrected chi connectivity index (χ1v) is 6.06. The zero-order valence-corrected chi connectivity index (χ0v) is 9.89. The van der Waals surface area contributed by atoms with Crippen LogP contribution in [0.4, 0.5) is 0 Å². The zero-order valence-electron chi connectivity index (χ0n) is 9.89. The summed E-state index contributed by atoms with van der Waals surface area (Å²) in [4.78, 5) is 0. The highest BCUT2D eigenvalue weighted by atomic mass is 16.3. The van der Waals surface area contributed by atoms with Crippen LogP contribution in [0.2, 0.25) is 0 Å². The molecule has 2 rings (SSSR count). The van der Waals surface area contributed by atoms with Crippen molar-refractivity contribution >= 4 is 0 Å². The van der Waals surface area contributed by atoms with Crippen LogP contribution < -0.4 is 5.32 Å². The minimum atomic E-state index is -0.464. The second-order valence-corrected chi connectivity index (χ2v) is 4.89.